The Morgan fingerprint density at radius 1 is 1.09 bits per heavy atom. The maximum Gasteiger partial charge on any atom is 0.0435 e. The first-order chi connectivity index (χ1) is 11.2. The van der Waals surface area contributed by atoms with Crippen molar-refractivity contribution >= 4 is 17.2 Å². The molecular weight excluding hydrogens is 302 g/mol. The van der Waals surface area contributed by atoms with Crippen LogP contribution >= 0.6 is 11.6 Å². The topological polar surface area (TPSA) is 3.24 Å². The molecule has 2 heterocycles. The second-order valence-electron chi connectivity index (χ2n) is 6.82. The molecule has 2 unspecified atom stereocenters. The monoisotopic (exact) mass is 323 g/mol. The van der Waals surface area contributed by atoms with Crippen LogP contribution in [-0.2, 0) is 6.54 Å². The number of benzene rings is 2. The molecule has 2 aromatic carbocycles. The summed E-state index contributed by atoms with van der Waals surface area (Å²) in [6.45, 7) is 3.16. The highest BCUT2D eigenvalue weighted by atomic mass is 35.5. The molecule has 2 atom stereocenters. The molecule has 118 valence electrons. The van der Waals surface area contributed by atoms with Crippen LogP contribution in [0, 0.1) is 6.92 Å². The van der Waals surface area contributed by atoms with Crippen LogP contribution in [-0.4, -0.2) is 17.0 Å². The van der Waals surface area contributed by atoms with E-state index in [1.165, 1.54) is 35.1 Å². The molecule has 2 aliphatic heterocycles. The molecule has 0 aromatic heterocycles. The third-order valence-electron chi connectivity index (χ3n) is 5.28. The second kappa shape index (κ2) is 6.14. The van der Waals surface area contributed by atoms with Crippen LogP contribution in [0.15, 0.2) is 54.6 Å². The van der Waals surface area contributed by atoms with Crippen molar-refractivity contribution in [3.8, 4) is 0 Å². The SMILES string of the molecule is Cc1cc(C2=CC3CCC(C2)N3Cc2ccccc2)ccc1Cl. The second-order valence-corrected chi connectivity index (χ2v) is 7.22. The first-order valence-electron chi connectivity index (χ1n) is 8.47. The Hall–Kier alpha value is -1.57. The minimum atomic E-state index is 0.583. The van der Waals surface area contributed by atoms with Crippen molar-refractivity contribution in [3.05, 3.63) is 76.3 Å². The highest BCUT2D eigenvalue weighted by Gasteiger charge is 2.36. The molecule has 2 aliphatic rings. The van der Waals surface area contributed by atoms with Crippen molar-refractivity contribution in [1.29, 1.82) is 0 Å². The van der Waals surface area contributed by atoms with E-state index in [4.69, 9.17) is 11.6 Å². The van der Waals surface area contributed by atoms with Crippen LogP contribution in [0.5, 0.6) is 0 Å². The van der Waals surface area contributed by atoms with Gasteiger partial charge in [0.15, 0.2) is 0 Å². The zero-order valence-corrected chi connectivity index (χ0v) is 14.3. The van der Waals surface area contributed by atoms with E-state index >= 15 is 0 Å². The summed E-state index contributed by atoms with van der Waals surface area (Å²) in [5, 5.41) is 0.860. The van der Waals surface area contributed by atoms with E-state index in [0.717, 1.165) is 18.0 Å². The minimum Gasteiger partial charge on any atom is -0.289 e. The van der Waals surface area contributed by atoms with Crippen LogP contribution in [0.2, 0.25) is 5.02 Å². The summed E-state index contributed by atoms with van der Waals surface area (Å²) >= 11 is 6.18. The molecular formula is C21H22ClN. The van der Waals surface area contributed by atoms with Crippen molar-refractivity contribution in [2.75, 3.05) is 0 Å². The maximum absolute atomic E-state index is 6.18. The summed E-state index contributed by atoms with van der Waals surface area (Å²) in [6, 6.07) is 18.5. The third-order valence-corrected chi connectivity index (χ3v) is 5.70. The molecule has 4 rings (SSSR count). The number of halogens is 1. The smallest absolute Gasteiger partial charge is 0.0435 e. The fraction of sp³-hybridized carbons (Fsp3) is 0.333. The van der Waals surface area contributed by atoms with Crippen LogP contribution in [0.25, 0.3) is 5.57 Å². The van der Waals surface area contributed by atoms with Crippen LogP contribution in [0.3, 0.4) is 0 Å². The van der Waals surface area contributed by atoms with Crippen molar-refractivity contribution in [1.82, 2.24) is 4.90 Å². The molecule has 0 spiro atoms. The molecule has 2 heteroatoms. The van der Waals surface area contributed by atoms with Gasteiger partial charge in [-0.2, -0.15) is 0 Å². The van der Waals surface area contributed by atoms with Gasteiger partial charge in [0.25, 0.3) is 0 Å². The Kier molecular flexibility index (Phi) is 4.00. The number of aryl methyl sites for hydroxylation is 1. The summed E-state index contributed by atoms with van der Waals surface area (Å²) in [6.07, 6.45) is 6.25. The number of rotatable bonds is 3. The largest absolute Gasteiger partial charge is 0.289 e. The van der Waals surface area contributed by atoms with Gasteiger partial charge in [-0.25, -0.2) is 0 Å². The molecule has 23 heavy (non-hydrogen) atoms. The zero-order chi connectivity index (χ0) is 15.8. The highest BCUT2D eigenvalue weighted by Crippen LogP contribution is 2.39. The summed E-state index contributed by atoms with van der Waals surface area (Å²) in [4.78, 5) is 2.68. The average Bonchev–Trinajstić information content (AvgIpc) is 2.80. The van der Waals surface area contributed by atoms with Gasteiger partial charge in [-0.1, -0.05) is 60.1 Å². The Morgan fingerprint density at radius 3 is 2.65 bits per heavy atom. The lowest BCUT2D eigenvalue weighted by Crippen LogP contribution is -2.37. The molecule has 1 fully saturated rings. The van der Waals surface area contributed by atoms with Crippen molar-refractivity contribution in [2.24, 2.45) is 0 Å². The molecule has 1 saturated heterocycles. The fourth-order valence-electron chi connectivity index (χ4n) is 4.02. The molecule has 2 bridgehead atoms. The standard InChI is InChI=1S/C21H22ClN/c1-15-11-17(7-10-21(15)22)18-12-19-8-9-20(13-18)23(19)14-16-5-3-2-4-6-16/h2-7,10-12,19-20H,8-9,13-14H2,1H3. The Balaban J connectivity index is 1.58. The zero-order valence-electron chi connectivity index (χ0n) is 13.5. The van der Waals surface area contributed by atoms with E-state index in [-0.39, 0.29) is 0 Å². The highest BCUT2D eigenvalue weighted by molar-refractivity contribution is 6.31. The van der Waals surface area contributed by atoms with Gasteiger partial charge in [0.1, 0.15) is 0 Å². The molecule has 0 aliphatic carbocycles. The normalized spacial score (nSPS) is 23.8. The van der Waals surface area contributed by atoms with Crippen LogP contribution < -0.4 is 0 Å². The van der Waals surface area contributed by atoms with Gasteiger partial charge in [0.2, 0.25) is 0 Å². The van der Waals surface area contributed by atoms with E-state index < -0.39 is 0 Å². The summed E-state index contributed by atoms with van der Waals surface area (Å²) in [7, 11) is 0. The predicted octanol–water partition coefficient (Wildman–Crippen LogP) is 5.47. The molecule has 0 radical (unpaired) electrons. The number of hydrogen-bond donors (Lipinski definition) is 0. The number of fused-ring (bicyclic) bond motifs is 2. The molecule has 1 nitrogen and oxygen atoms in total. The molecule has 0 saturated carbocycles. The summed E-state index contributed by atoms with van der Waals surface area (Å²) in [5.74, 6) is 0. The third kappa shape index (κ3) is 2.96. The van der Waals surface area contributed by atoms with E-state index in [2.05, 4.69) is 60.4 Å². The van der Waals surface area contributed by atoms with Gasteiger partial charge in [-0.05, 0) is 54.5 Å². The van der Waals surface area contributed by atoms with E-state index in [9.17, 15) is 0 Å². The minimum absolute atomic E-state index is 0.583. The molecule has 0 amide bonds. The van der Waals surface area contributed by atoms with Crippen molar-refractivity contribution < 1.29 is 0 Å². The van der Waals surface area contributed by atoms with E-state index in [0.29, 0.717) is 12.1 Å². The first-order valence-corrected chi connectivity index (χ1v) is 8.85. The lowest BCUT2D eigenvalue weighted by Gasteiger charge is -2.34. The quantitative estimate of drug-likeness (QED) is 0.724. The molecule has 2 aromatic rings. The van der Waals surface area contributed by atoms with Gasteiger partial charge in [-0.3, -0.25) is 4.90 Å². The van der Waals surface area contributed by atoms with Crippen LogP contribution in [0.4, 0.5) is 0 Å². The average molecular weight is 324 g/mol. The van der Waals surface area contributed by atoms with Gasteiger partial charge in [0.05, 0.1) is 0 Å². The maximum atomic E-state index is 6.18. The van der Waals surface area contributed by atoms with E-state index in [1.54, 1.807) is 0 Å². The lowest BCUT2D eigenvalue weighted by molar-refractivity contribution is 0.203. The number of nitrogens with zero attached hydrogens (tertiary/aromatic N) is 1. The van der Waals surface area contributed by atoms with Crippen molar-refractivity contribution in [3.63, 3.8) is 0 Å². The fourth-order valence-corrected chi connectivity index (χ4v) is 4.13. The van der Waals surface area contributed by atoms with Gasteiger partial charge < -0.3 is 0 Å². The van der Waals surface area contributed by atoms with Gasteiger partial charge >= 0.3 is 0 Å². The van der Waals surface area contributed by atoms with Crippen molar-refractivity contribution in [2.45, 2.75) is 44.8 Å². The number of hydrogen-bond acceptors (Lipinski definition) is 1. The Morgan fingerprint density at radius 2 is 1.91 bits per heavy atom. The van der Waals surface area contributed by atoms with Crippen LogP contribution in [0.1, 0.15) is 36.0 Å². The Bertz CT molecular complexity index is 735. The van der Waals surface area contributed by atoms with Gasteiger partial charge in [-0.15, -0.1) is 0 Å². The molecule has 0 N–H and O–H groups in total. The lowest BCUT2D eigenvalue weighted by atomic mass is 9.93. The summed E-state index contributed by atoms with van der Waals surface area (Å²) < 4.78 is 0. The predicted molar refractivity (Wildman–Crippen MR) is 97.6 cm³/mol. The Labute approximate surface area is 143 Å². The first kappa shape index (κ1) is 15.0. The van der Waals surface area contributed by atoms with E-state index in [1.807, 2.05) is 6.07 Å². The summed E-state index contributed by atoms with van der Waals surface area (Å²) in [5.41, 5.74) is 5.44. The van der Waals surface area contributed by atoms with Gasteiger partial charge in [0, 0.05) is 23.7 Å².